The molecule has 1 aromatic carbocycles. The van der Waals surface area contributed by atoms with E-state index in [-0.39, 0.29) is 24.4 Å². The number of thiocarbonyl (C=S) groups is 1. The number of carbonyl (C=O) groups excluding carboxylic acids is 1. The van der Waals surface area contributed by atoms with Crippen LogP contribution >= 0.6 is 24.0 Å². The summed E-state index contributed by atoms with van der Waals surface area (Å²) in [6.45, 7) is 0.231. The van der Waals surface area contributed by atoms with Crippen LogP contribution in [0, 0.1) is 0 Å². The third-order valence-corrected chi connectivity index (χ3v) is 4.50. The second kappa shape index (κ2) is 7.38. The lowest BCUT2D eigenvalue weighted by atomic mass is 10.1. The van der Waals surface area contributed by atoms with Crippen molar-refractivity contribution in [1.82, 2.24) is 4.90 Å². The molecule has 0 unspecified atom stereocenters. The lowest BCUT2D eigenvalue weighted by Gasteiger charge is -2.13. The van der Waals surface area contributed by atoms with Crippen molar-refractivity contribution in [3.63, 3.8) is 0 Å². The zero-order valence-electron chi connectivity index (χ0n) is 11.9. The van der Waals surface area contributed by atoms with Crippen LogP contribution in [0.3, 0.4) is 0 Å². The lowest BCUT2D eigenvalue weighted by molar-refractivity contribution is -0.137. The Hall–Kier alpha value is -2.19. The number of carboxylic acid groups (broad SMARTS) is 2. The molecule has 1 heterocycles. The summed E-state index contributed by atoms with van der Waals surface area (Å²) in [4.78, 5) is 35.7. The fraction of sp³-hybridized carbons (Fsp3) is 0.200. The Balaban J connectivity index is 2.19. The van der Waals surface area contributed by atoms with Gasteiger partial charge in [0.25, 0.3) is 5.91 Å². The van der Waals surface area contributed by atoms with Gasteiger partial charge in [-0.1, -0.05) is 42.2 Å². The first-order chi connectivity index (χ1) is 10.9. The molecule has 0 bridgehead atoms. The highest BCUT2D eigenvalue weighted by atomic mass is 32.2. The summed E-state index contributed by atoms with van der Waals surface area (Å²) < 4.78 is 0.347. The molecule has 1 saturated heterocycles. The number of rotatable bonds is 6. The highest BCUT2D eigenvalue weighted by Gasteiger charge is 2.31. The number of carbonyl (C=O) groups is 3. The van der Waals surface area contributed by atoms with Crippen molar-refractivity contribution < 1.29 is 24.6 Å². The van der Waals surface area contributed by atoms with Gasteiger partial charge in [0.2, 0.25) is 0 Å². The second-order valence-electron chi connectivity index (χ2n) is 4.72. The third-order valence-electron chi connectivity index (χ3n) is 3.12. The number of nitrogens with zero attached hydrogens (tertiary/aromatic N) is 1. The van der Waals surface area contributed by atoms with Crippen molar-refractivity contribution in [1.29, 1.82) is 0 Å². The van der Waals surface area contributed by atoms with Gasteiger partial charge in [-0.15, -0.1) is 0 Å². The standard InChI is InChI=1S/C15H13NO5S2/c17-12(18)6-3-7-16-13(19)11(23-15(16)22)8-9-4-1-2-5-10(9)14(20)21/h1-2,4-5,8H,3,6-7H2,(H,17,18)(H,20,21). The molecule has 0 atom stereocenters. The van der Waals surface area contributed by atoms with Gasteiger partial charge in [0.1, 0.15) is 4.32 Å². The highest BCUT2D eigenvalue weighted by Crippen LogP contribution is 2.33. The summed E-state index contributed by atoms with van der Waals surface area (Å²) in [5.41, 5.74) is 0.523. The maximum absolute atomic E-state index is 12.3. The van der Waals surface area contributed by atoms with Crippen molar-refractivity contribution >= 4 is 52.2 Å². The van der Waals surface area contributed by atoms with Crippen LogP contribution in [0.15, 0.2) is 29.2 Å². The minimum atomic E-state index is -1.08. The Kier molecular flexibility index (Phi) is 5.51. The van der Waals surface area contributed by atoms with Crippen LogP contribution in [-0.2, 0) is 9.59 Å². The van der Waals surface area contributed by atoms with Gasteiger partial charge in [0, 0.05) is 13.0 Å². The van der Waals surface area contributed by atoms with E-state index in [1.165, 1.54) is 17.0 Å². The number of hydrogen-bond donors (Lipinski definition) is 2. The van der Waals surface area contributed by atoms with Crippen molar-refractivity contribution in [2.24, 2.45) is 0 Å². The summed E-state index contributed by atoms with van der Waals surface area (Å²) in [5.74, 6) is -2.33. The average Bonchev–Trinajstić information content (AvgIpc) is 2.74. The van der Waals surface area contributed by atoms with Crippen LogP contribution in [0.2, 0.25) is 0 Å². The zero-order chi connectivity index (χ0) is 17.0. The normalized spacial score (nSPS) is 16.2. The maximum Gasteiger partial charge on any atom is 0.336 e. The molecule has 6 nitrogen and oxygen atoms in total. The Morgan fingerprint density at radius 3 is 2.61 bits per heavy atom. The Morgan fingerprint density at radius 2 is 1.96 bits per heavy atom. The number of carboxylic acids is 2. The van der Waals surface area contributed by atoms with Crippen LogP contribution in [0.1, 0.15) is 28.8 Å². The van der Waals surface area contributed by atoms with Crippen LogP contribution in [0.4, 0.5) is 0 Å². The monoisotopic (exact) mass is 351 g/mol. The van der Waals surface area contributed by atoms with Crippen LogP contribution in [-0.4, -0.2) is 43.8 Å². The van der Waals surface area contributed by atoms with Gasteiger partial charge in [-0.2, -0.15) is 0 Å². The average molecular weight is 351 g/mol. The number of amides is 1. The van der Waals surface area contributed by atoms with E-state index in [4.69, 9.17) is 22.4 Å². The maximum atomic E-state index is 12.3. The molecule has 120 valence electrons. The summed E-state index contributed by atoms with van der Waals surface area (Å²) in [6.07, 6.45) is 1.76. The van der Waals surface area contributed by atoms with Crippen molar-refractivity contribution in [2.45, 2.75) is 12.8 Å². The van der Waals surface area contributed by atoms with Gasteiger partial charge in [-0.05, 0) is 24.1 Å². The minimum Gasteiger partial charge on any atom is -0.481 e. The van der Waals surface area contributed by atoms with Crippen LogP contribution in [0.5, 0.6) is 0 Å². The Morgan fingerprint density at radius 1 is 1.26 bits per heavy atom. The SMILES string of the molecule is O=C(O)CCCN1C(=O)C(=Cc2ccccc2C(=O)O)SC1=S. The van der Waals surface area contributed by atoms with E-state index in [2.05, 4.69) is 0 Å². The molecule has 23 heavy (non-hydrogen) atoms. The zero-order valence-corrected chi connectivity index (χ0v) is 13.5. The molecule has 1 amide bonds. The minimum absolute atomic E-state index is 0.0437. The third kappa shape index (κ3) is 4.17. The van der Waals surface area contributed by atoms with Crippen molar-refractivity contribution in [2.75, 3.05) is 6.54 Å². The molecule has 0 spiro atoms. The van der Waals surface area contributed by atoms with Crippen molar-refractivity contribution in [3.05, 3.63) is 40.3 Å². The molecule has 0 aromatic heterocycles. The first-order valence-corrected chi connectivity index (χ1v) is 7.92. The van der Waals surface area contributed by atoms with Crippen LogP contribution < -0.4 is 0 Å². The predicted molar refractivity (Wildman–Crippen MR) is 90.2 cm³/mol. The second-order valence-corrected chi connectivity index (χ2v) is 6.40. The fourth-order valence-electron chi connectivity index (χ4n) is 2.04. The molecular formula is C15H13NO5S2. The number of thioether (sulfide) groups is 1. The van der Waals surface area contributed by atoms with Crippen LogP contribution in [0.25, 0.3) is 6.08 Å². The van der Waals surface area contributed by atoms with E-state index in [1.807, 2.05) is 0 Å². The number of aromatic carboxylic acids is 1. The van der Waals surface area contributed by atoms with E-state index in [1.54, 1.807) is 18.2 Å². The Labute approximate surface area is 141 Å². The molecule has 0 aliphatic carbocycles. The molecule has 1 fully saturated rings. The molecule has 2 N–H and O–H groups in total. The van der Waals surface area contributed by atoms with E-state index in [9.17, 15) is 14.4 Å². The summed E-state index contributed by atoms with van der Waals surface area (Å²) in [5, 5.41) is 17.8. The van der Waals surface area contributed by atoms with Crippen molar-refractivity contribution in [3.8, 4) is 0 Å². The van der Waals surface area contributed by atoms with E-state index in [0.717, 1.165) is 11.8 Å². The highest BCUT2D eigenvalue weighted by molar-refractivity contribution is 8.26. The largest absolute Gasteiger partial charge is 0.481 e. The van der Waals surface area contributed by atoms with Gasteiger partial charge in [0.15, 0.2) is 0 Å². The molecule has 2 rings (SSSR count). The van der Waals surface area contributed by atoms with E-state index < -0.39 is 11.9 Å². The topological polar surface area (TPSA) is 94.9 Å². The quantitative estimate of drug-likeness (QED) is 0.600. The molecule has 0 saturated carbocycles. The Bertz CT molecular complexity index is 714. The fourth-order valence-corrected chi connectivity index (χ4v) is 3.34. The summed E-state index contributed by atoms with van der Waals surface area (Å²) in [7, 11) is 0. The van der Waals surface area contributed by atoms with E-state index >= 15 is 0 Å². The van der Waals surface area contributed by atoms with Gasteiger partial charge in [0.05, 0.1) is 10.5 Å². The molecule has 0 radical (unpaired) electrons. The summed E-state index contributed by atoms with van der Waals surface area (Å²) >= 11 is 6.22. The molecule has 8 heteroatoms. The molecular weight excluding hydrogens is 338 g/mol. The summed E-state index contributed by atoms with van der Waals surface area (Å²) in [6, 6.07) is 6.37. The number of hydrogen-bond acceptors (Lipinski definition) is 5. The van der Waals surface area contributed by atoms with Gasteiger partial charge in [-0.3, -0.25) is 14.5 Å². The molecule has 1 aliphatic heterocycles. The smallest absolute Gasteiger partial charge is 0.336 e. The number of aliphatic carboxylic acids is 1. The molecule has 1 aromatic rings. The van der Waals surface area contributed by atoms with Gasteiger partial charge < -0.3 is 10.2 Å². The lowest BCUT2D eigenvalue weighted by Crippen LogP contribution is -2.29. The van der Waals surface area contributed by atoms with E-state index in [0.29, 0.717) is 21.2 Å². The first kappa shape index (κ1) is 17.2. The number of benzene rings is 1. The molecule has 1 aliphatic rings. The van der Waals surface area contributed by atoms with Gasteiger partial charge in [-0.25, -0.2) is 4.79 Å². The predicted octanol–water partition coefficient (Wildman–Crippen LogP) is 2.45. The van der Waals surface area contributed by atoms with Gasteiger partial charge >= 0.3 is 11.9 Å². The first-order valence-electron chi connectivity index (χ1n) is 6.69.